The number of hydrogen-bond acceptors (Lipinski definition) is 4. The van der Waals surface area contributed by atoms with Gasteiger partial charge in [-0.3, -0.25) is 0 Å². The number of nitrogens with one attached hydrogen (secondary N) is 1. The lowest BCUT2D eigenvalue weighted by molar-refractivity contribution is 0.350. The topological polar surface area (TPSA) is 47.0 Å². The summed E-state index contributed by atoms with van der Waals surface area (Å²) in [5, 5.41) is 3.40. The van der Waals surface area contributed by atoms with Crippen LogP contribution in [0.1, 0.15) is 50.5 Å². The SMILES string of the molecule is COc1cc(C(C)C)nc(CCC2CCNCC2)n1. The summed E-state index contributed by atoms with van der Waals surface area (Å²) < 4.78 is 5.28. The summed E-state index contributed by atoms with van der Waals surface area (Å²) in [6.07, 6.45) is 4.70. The van der Waals surface area contributed by atoms with Crippen molar-refractivity contribution < 1.29 is 4.74 Å². The summed E-state index contributed by atoms with van der Waals surface area (Å²) in [4.78, 5) is 9.13. The molecule has 106 valence electrons. The summed E-state index contributed by atoms with van der Waals surface area (Å²) >= 11 is 0. The Labute approximate surface area is 116 Å². The van der Waals surface area contributed by atoms with Gasteiger partial charge in [-0.05, 0) is 44.2 Å². The van der Waals surface area contributed by atoms with E-state index in [0.717, 1.165) is 36.9 Å². The zero-order valence-corrected chi connectivity index (χ0v) is 12.3. The molecule has 19 heavy (non-hydrogen) atoms. The summed E-state index contributed by atoms with van der Waals surface area (Å²) in [5.74, 6) is 2.86. The third-order valence-corrected chi connectivity index (χ3v) is 3.80. The molecule has 4 nitrogen and oxygen atoms in total. The van der Waals surface area contributed by atoms with Crippen LogP contribution in [0.5, 0.6) is 5.88 Å². The van der Waals surface area contributed by atoms with E-state index >= 15 is 0 Å². The summed E-state index contributed by atoms with van der Waals surface area (Å²) in [6.45, 7) is 6.61. The van der Waals surface area contributed by atoms with Crippen LogP contribution >= 0.6 is 0 Å². The van der Waals surface area contributed by atoms with Gasteiger partial charge in [0, 0.05) is 12.5 Å². The molecule has 0 aromatic carbocycles. The van der Waals surface area contributed by atoms with Gasteiger partial charge in [0.15, 0.2) is 0 Å². The first kappa shape index (κ1) is 14.3. The molecule has 2 rings (SSSR count). The molecule has 0 unspecified atom stereocenters. The van der Waals surface area contributed by atoms with Crippen molar-refractivity contribution >= 4 is 0 Å². The summed E-state index contributed by atoms with van der Waals surface area (Å²) in [6, 6.07) is 1.94. The molecule has 0 radical (unpaired) electrons. The maximum Gasteiger partial charge on any atom is 0.216 e. The largest absolute Gasteiger partial charge is 0.481 e. The van der Waals surface area contributed by atoms with Gasteiger partial charge in [0.25, 0.3) is 0 Å². The Bertz CT molecular complexity index is 400. The van der Waals surface area contributed by atoms with E-state index in [1.807, 2.05) is 6.07 Å². The molecule has 2 heterocycles. The van der Waals surface area contributed by atoms with Crippen molar-refractivity contribution in [1.29, 1.82) is 0 Å². The van der Waals surface area contributed by atoms with E-state index in [1.165, 1.54) is 19.3 Å². The zero-order valence-electron chi connectivity index (χ0n) is 12.3. The van der Waals surface area contributed by atoms with E-state index in [1.54, 1.807) is 7.11 Å². The van der Waals surface area contributed by atoms with Gasteiger partial charge in [0.05, 0.1) is 12.8 Å². The molecule has 0 saturated carbocycles. The Kier molecular flexibility index (Phi) is 5.14. The molecule has 1 fully saturated rings. The summed E-state index contributed by atoms with van der Waals surface area (Å²) in [5.41, 5.74) is 1.08. The highest BCUT2D eigenvalue weighted by atomic mass is 16.5. The predicted octanol–water partition coefficient (Wildman–Crippen LogP) is 2.54. The van der Waals surface area contributed by atoms with E-state index in [-0.39, 0.29) is 0 Å². The van der Waals surface area contributed by atoms with Gasteiger partial charge in [0.1, 0.15) is 5.82 Å². The van der Waals surface area contributed by atoms with Gasteiger partial charge in [-0.2, -0.15) is 4.98 Å². The lowest BCUT2D eigenvalue weighted by Gasteiger charge is -2.22. The smallest absolute Gasteiger partial charge is 0.216 e. The molecular formula is C15H25N3O. The second kappa shape index (κ2) is 6.85. The number of methoxy groups -OCH3 is 1. The van der Waals surface area contributed by atoms with Crippen LogP contribution in [0.15, 0.2) is 6.07 Å². The Balaban J connectivity index is 2.00. The molecule has 1 N–H and O–H groups in total. The van der Waals surface area contributed by atoms with Crippen molar-refractivity contribution in [3.63, 3.8) is 0 Å². The zero-order chi connectivity index (χ0) is 13.7. The van der Waals surface area contributed by atoms with Crippen LogP contribution in [-0.2, 0) is 6.42 Å². The monoisotopic (exact) mass is 263 g/mol. The van der Waals surface area contributed by atoms with Crippen LogP contribution < -0.4 is 10.1 Å². The second-order valence-electron chi connectivity index (χ2n) is 5.64. The van der Waals surface area contributed by atoms with Gasteiger partial charge >= 0.3 is 0 Å². The molecule has 0 spiro atoms. The fraction of sp³-hybridized carbons (Fsp3) is 0.733. The molecular weight excluding hydrogens is 238 g/mol. The number of rotatable bonds is 5. The molecule has 0 atom stereocenters. The number of nitrogens with zero attached hydrogens (tertiary/aromatic N) is 2. The van der Waals surface area contributed by atoms with Crippen molar-refractivity contribution in [3.05, 3.63) is 17.6 Å². The quantitative estimate of drug-likeness (QED) is 0.887. The molecule has 1 aliphatic heterocycles. The number of piperidine rings is 1. The molecule has 1 aliphatic rings. The Hall–Kier alpha value is -1.16. The van der Waals surface area contributed by atoms with Gasteiger partial charge < -0.3 is 10.1 Å². The van der Waals surface area contributed by atoms with Crippen LogP contribution in [0.2, 0.25) is 0 Å². The third-order valence-electron chi connectivity index (χ3n) is 3.80. The Morgan fingerprint density at radius 2 is 2.05 bits per heavy atom. The maximum absolute atomic E-state index is 5.28. The van der Waals surface area contributed by atoms with Crippen LogP contribution in [0.25, 0.3) is 0 Å². The number of ether oxygens (including phenoxy) is 1. The molecule has 0 bridgehead atoms. The maximum atomic E-state index is 5.28. The molecule has 1 aromatic heterocycles. The van der Waals surface area contributed by atoms with Gasteiger partial charge in [0.2, 0.25) is 5.88 Å². The first-order chi connectivity index (χ1) is 9.19. The molecule has 4 heteroatoms. The summed E-state index contributed by atoms with van der Waals surface area (Å²) in [7, 11) is 1.67. The van der Waals surface area contributed by atoms with E-state index < -0.39 is 0 Å². The van der Waals surface area contributed by atoms with E-state index in [0.29, 0.717) is 11.8 Å². The normalized spacial score (nSPS) is 16.8. The third kappa shape index (κ3) is 4.16. The van der Waals surface area contributed by atoms with Gasteiger partial charge in [-0.15, -0.1) is 0 Å². The van der Waals surface area contributed by atoms with Crippen LogP contribution in [0, 0.1) is 5.92 Å². The minimum absolute atomic E-state index is 0.412. The van der Waals surface area contributed by atoms with Crippen LogP contribution in [0.4, 0.5) is 0 Å². The van der Waals surface area contributed by atoms with Gasteiger partial charge in [-0.25, -0.2) is 4.98 Å². The first-order valence-corrected chi connectivity index (χ1v) is 7.31. The van der Waals surface area contributed by atoms with Crippen LogP contribution in [-0.4, -0.2) is 30.2 Å². The predicted molar refractivity (Wildman–Crippen MR) is 76.6 cm³/mol. The van der Waals surface area contributed by atoms with Crippen molar-refractivity contribution in [1.82, 2.24) is 15.3 Å². The number of hydrogen-bond donors (Lipinski definition) is 1. The highest BCUT2D eigenvalue weighted by Crippen LogP contribution is 2.21. The number of aromatic nitrogens is 2. The fourth-order valence-corrected chi connectivity index (χ4v) is 2.51. The highest BCUT2D eigenvalue weighted by Gasteiger charge is 2.14. The minimum atomic E-state index is 0.412. The molecule has 0 aliphatic carbocycles. The minimum Gasteiger partial charge on any atom is -0.481 e. The van der Waals surface area contributed by atoms with Crippen LogP contribution in [0.3, 0.4) is 0 Å². The fourth-order valence-electron chi connectivity index (χ4n) is 2.51. The van der Waals surface area contributed by atoms with Crippen molar-refractivity contribution in [3.8, 4) is 5.88 Å². The average Bonchev–Trinajstić information content (AvgIpc) is 2.45. The average molecular weight is 263 g/mol. The Morgan fingerprint density at radius 1 is 1.32 bits per heavy atom. The van der Waals surface area contributed by atoms with Gasteiger partial charge in [-0.1, -0.05) is 13.8 Å². The first-order valence-electron chi connectivity index (χ1n) is 7.31. The van der Waals surface area contributed by atoms with Crippen molar-refractivity contribution in [2.45, 2.75) is 45.4 Å². The van der Waals surface area contributed by atoms with Crippen molar-refractivity contribution in [2.24, 2.45) is 5.92 Å². The van der Waals surface area contributed by atoms with E-state index in [4.69, 9.17) is 4.74 Å². The molecule has 0 amide bonds. The Morgan fingerprint density at radius 3 is 2.68 bits per heavy atom. The molecule has 1 aromatic rings. The highest BCUT2D eigenvalue weighted by molar-refractivity contribution is 5.18. The molecule has 1 saturated heterocycles. The van der Waals surface area contributed by atoms with Crippen molar-refractivity contribution in [2.75, 3.05) is 20.2 Å². The lowest BCUT2D eigenvalue weighted by atomic mass is 9.93. The van der Waals surface area contributed by atoms with E-state index in [9.17, 15) is 0 Å². The van der Waals surface area contributed by atoms with E-state index in [2.05, 4.69) is 29.1 Å². The standard InChI is InChI=1S/C15H25N3O/c1-11(2)13-10-15(19-3)18-14(17-13)5-4-12-6-8-16-9-7-12/h10-12,16H,4-9H2,1-3H3. The number of aryl methyl sites for hydroxylation is 1. The lowest BCUT2D eigenvalue weighted by Crippen LogP contribution is -2.28. The second-order valence-corrected chi connectivity index (χ2v) is 5.64.